The molecule has 0 bridgehead atoms. The Morgan fingerprint density at radius 2 is 1.95 bits per heavy atom. The average Bonchev–Trinajstić information content (AvgIpc) is 2.38. The maximum Gasteiger partial charge on any atom is 0.324 e. The van der Waals surface area contributed by atoms with Crippen LogP contribution in [0.2, 0.25) is 0 Å². The van der Waals surface area contributed by atoms with Gasteiger partial charge in [0.1, 0.15) is 4.75 Å². The van der Waals surface area contributed by atoms with Gasteiger partial charge < -0.3 is 10.0 Å². The van der Waals surface area contributed by atoms with Crippen molar-refractivity contribution in [1.82, 2.24) is 4.90 Å². The van der Waals surface area contributed by atoms with E-state index in [0.717, 1.165) is 24.3 Å². The summed E-state index contributed by atoms with van der Waals surface area (Å²) in [4.78, 5) is 13.9. The lowest BCUT2D eigenvalue weighted by molar-refractivity contribution is -0.140. The Morgan fingerprint density at radius 3 is 2.42 bits per heavy atom. The SMILES string of the molecule is CCCC(SCCN(C)C)(C(=O)O)c1ccccc1. The zero-order valence-corrected chi connectivity index (χ0v) is 12.7. The molecule has 0 heterocycles. The van der Waals surface area contributed by atoms with Crippen LogP contribution in [0, 0.1) is 0 Å². The van der Waals surface area contributed by atoms with E-state index in [1.807, 2.05) is 51.4 Å². The van der Waals surface area contributed by atoms with Gasteiger partial charge in [0.15, 0.2) is 0 Å². The summed E-state index contributed by atoms with van der Waals surface area (Å²) >= 11 is 1.54. The summed E-state index contributed by atoms with van der Waals surface area (Å²) < 4.78 is -0.813. The summed E-state index contributed by atoms with van der Waals surface area (Å²) in [5.41, 5.74) is 0.896. The number of aliphatic carboxylic acids is 1. The lowest BCUT2D eigenvalue weighted by Gasteiger charge is -2.29. The second-order valence-electron chi connectivity index (χ2n) is 4.90. The second kappa shape index (κ2) is 7.56. The number of nitrogens with zero attached hydrogens (tertiary/aromatic N) is 1. The van der Waals surface area contributed by atoms with Crippen molar-refractivity contribution >= 4 is 17.7 Å². The fraction of sp³-hybridized carbons (Fsp3) is 0.533. The van der Waals surface area contributed by atoms with Gasteiger partial charge in [0.05, 0.1) is 0 Å². The molecule has 0 aromatic heterocycles. The summed E-state index contributed by atoms with van der Waals surface area (Å²) in [6.07, 6.45) is 1.51. The van der Waals surface area contributed by atoms with Crippen molar-refractivity contribution in [2.24, 2.45) is 0 Å². The molecule has 0 saturated heterocycles. The molecule has 1 N–H and O–H groups in total. The van der Waals surface area contributed by atoms with E-state index >= 15 is 0 Å². The third-order valence-electron chi connectivity index (χ3n) is 3.07. The van der Waals surface area contributed by atoms with Crippen LogP contribution in [0.15, 0.2) is 30.3 Å². The molecule has 0 amide bonds. The van der Waals surface area contributed by atoms with Crippen molar-refractivity contribution < 1.29 is 9.90 Å². The first-order chi connectivity index (χ1) is 9.03. The molecule has 1 unspecified atom stereocenters. The first-order valence-electron chi connectivity index (χ1n) is 6.60. The summed E-state index contributed by atoms with van der Waals surface area (Å²) in [5, 5.41) is 9.74. The Kier molecular flexibility index (Phi) is 6.38. The molecule has 0 aliphatic rings. The van der Waals surface area contributed by atoms with Crippen LogP contribution in [0.25, 0.3) is 0 Å². The minimum atomic E-state index is -0.813. The Hall–Kier alpha value is -1.00. The van der Waals surface area contributed by atoms with Crippen LogP contribution in [-0.2, 0) is 9.54 Å². The molecule has 1 aromatic carbocycles. The lowest BCUT2D eigenvalue weighted by atomic mass is 9.93. The Morgan fingerprint density at radius 1 is 1.32 bits per heavy atom. The first-order valence-corrected chi connectivity index (χ1v) is 7.59. The molecule has 0 radical (unpaired) electrons. The first kappa shape index (κ1) is 16.1. The van der Waals surface area contributed by atoms with Gasteiger partial charge in [-0.2, -0.15) is 0 Å². The highest BCUT2D eigenvalue weighted by Crippen LogP contribution is 2.41. The Labute approximate surface area is 120 Å². The number of carboxylic acid groups (broad SMARTS) is 1. The molecule has 0 aliphatic carbocycles. The average molecular weight is 281 g/mol. The van der Waals surface area contributed by atoms with E-state index in [0.29, 0.717) is 6.42 Å². The van der Waals surface area contributed by atoms with Crippen LogP contribution in [0.3, 0.4) is 0 Å². The minimum Gasteiger partial charge on any atom is -0.480 e. The number of hydrogen-bond acceptors (Lipinski definition) is 3. The predicted molar refractivity (Wildman–Crippen MR) is 81.7 cm³/mol. The van der Waals surface area contributed by atoms with Crippen LogP contribution in [0.5, 0.6) is 0 Å². The van der Waals surface area contributed by atoms with E-state index in [2.05, 4.69) is 4.90 Å². The lowest BCUT2D eigenvalue weighted by Crippen LogP contribution is -2.33. The molecule has 0 spiro atoms. The molecule has 106 valence electrons. The number of thioether (sulfide) groups is 1. The van der Waals surface area contributed by atoms with E-state index in [-0.39, 0.29) is 0 Å². The predicted octanol–water partition coefficient (Wildman–Crippen LogP) is 3.06. The summed E-state index contributed by atoms with van der Waals surface area (Å²) in [6, 6.07) is 9.59. The van der Waals surface area contributed by atoms with Gasteiger partial charge in [0, 0.05) is 12.3 Å². The van der Waals surface area contributed by atoms with Crippen molar-refractivity contribution in [1.29, 1.82) is 0 Å². The molecule has 3 nitrogen and oxygen atoms in total. The number of carboxylic acids is 1. The molecule has 4 heteroatoms. The molecule has 1 atom stereocenters. The van der Waals surface area contributed by atoms with Crippen molar-refractivity contribution in [2.45, 2.75) is 24.5 Å². The molecule has 0 aliphatic heterocycles. The molecule has 1 aromatic rings. The second-order valence-corrected chi connectivity index (χ2v) is 6.29. The number of hydrogen-bond donors (Lipinski definition) is 1. The Balaban J connectivity index is 2.97. The van der Waals surface area contributed by atoms with Crippen LogP contribution in [-0.4, -0.2) is 42.4 Å². The van der Waals surface area contributed by atoms with Crippen molar-refractivity contribution in [3.8, 4) is 0 Å². The number of carbonyl (C=O) groups is 1. The summed E-state index contributed by atoms with van der Waals surface area (Å²) in [7, 11) is 4.01. The number of rotatable bonds is 8. The van der Waals surface area contributed by atoms with Gasteiger partial charge in [-0.15, -0.1) is 11.8 Å². The molecular formula is C15H23NO2S. The van der Waals surface area contributed by atoms with Gasteiger partial charge in [0.25, 0.3) is 0 Å². The Bertz CT molecular complexity index is 394. The van der Waals surface area contributed by atoms with Gasteiger partial charge >= 0.3 is 5.97 Å². The van der Waals surface area contributed by atoms with Gasteiger partial charge in [0.2, 0.25) is 0 Å². The molecule has 0 fully saturated rings. The third-order valence-corrected chi connectivity index (χ3v) is 4.57. The van der Waals surface area contributed by atoms with Crippen molar-refractivity contribution in [3.63, 3.8) is 0 Å². The zero-order valence-electron chi connectivity index (χ0n) is 11.9. The van der Waals surface area contributed by atoms with E-state index in [1.54, 1.807) is 11.8 Å². The largest absolute Gasteiger partial charge is 0.480 e. The molecule has 0 saturated carbocycles. The highest BCUT2D eigenvalue weighted by atomic mass is 32.2. The van der Waals surface area contributed by atoms with Crippen molar-refractivity contribution in [2.75, 3.05) is 26.4 Å². The van der Waals surface area contributed by atoms with Gasteiger partial charge in [-0.1, -0.05) is 43.7 Å². The maximum absolute atomic E-state index is 11.9. The van der Waals surface area contributed by atoms with Gasteiger partial charge in [-0.3, -0.25) is 4.79 Å². The normalized spacial score (nSPS) is 14.3. The smallest absolute Gasteiger partial charge is 0.324 e. The topological polar surface area (TPSA) is 40.5 Å². The highest BCUT2D eigenvalue weighted by molar-refractivity contribution is 8.00. The van der Waals surface area contributed by atoms with Gasteiger partial charge in [-0.05, 0) is 26.1 Å². The van der Waals surface area contributed by atoms with Crippen LogP contribution in [0.4, 0.5) is 0 Å². The van der Waals surface area contributed by atoms with Gasteiger partial charge in [-0.25, -0.2) is 0 Å². The highest BCUT2D eigenvalue weighted by Gasteiger charge is 2.39. The molecular weight excluding hydrogens is 258 g/mol. The fourth-order valence-corrected chi connectivity index (χ4v) is 3.63. The fourth-order valence-electron chi connectivity index (χ4n) is 2.05. The van der Waals surface area contributed by atoms with E-state index in [4.69, 9.17) is 0 Å². The van der Waals surface area contributed by atoms with E-state index < -0.39 is 10.7 Å². The standard InChI is InChI=1S/C15H23NO2S/c1-4-10-15(14(17)18,19-12-11-16(2)3)13-8-6-5-7-9-13/h5-9H,4,10-12H2,1-3H3,(H,17,18). The maximum atomic E-state index is 11.9. The van der Waals surface area contributed by atoms with Crippen LogP contribution in [0.1, 0.15) is 25.3 Å². The number of benzene rings is 1. The molecule has 19 heavy (non-hydrogen) atoms. The van der Waals surface area contributed by atoms with E-state index in [1.165, 1.54) is 0 Å². The van der Waals surface area contributed by atoms with E-state index in [9.17, 15) is 9.90 Å². The van der Waals surface area contributed by atoms with Crippen LogP contribution >= 0.6 is 11.8 Å². The third kappa shape index (κ3) is 4.25. The summed E-state index contributed by atoms with van der Waals surface area (Å²) in [5.74, 6) is 0.0816. The van der Waals surface area contributed by atoms with Crippen molar-refractivity contribution in [3.05, 3.63) is 35.9 Å². The van der Waals surface area contributed by atoms with Crippen LogP contribution < -0.4 is 0 Å². The monoisotopic (exact) mass is 281 g/mol. The zero-order chi connectivity index (χ0) is 14.3. The quantitative estimate of drug-likeness (QED) is 0.795. The molecule has 1 rings (SSSR count). The minimum absolute atomic E-state index is 0.657. The summed E-state index contributed by atoms with van der Waals surface area (Å²) in [6.45, 7) is 2.92.